The standard InChI is InChI=1S/C47H29N5S/c1-5-13-30(14-6-1)35-25-36(31-15-7-2-8-16-31)27-37(26-35)42-29-41(49-47(50-42)33-19-11-4-12-20-33)34-21-22-38-43(28-34)48-45(32-17-9-3-10-18-32)39-23-24-40-46(44(38)39)52-53-51-40/h1-29H. The Labute approximate surface area is 310 Å². The number of hydrogen-bond donors (Lipinski definition) is 0. The normalized spacial score (nSPS) is 11.4. The summed E-state index contributed by atoms with van der Waals surface area (Å²) in [6, 6.07) is 61.0. The summed E-state index contributed by atoms with van der Waals surface area (Å²) < 4.78 is 9.31. The second-order valence-electron chi connectivity index (χ2n) is 13.0. The van der Waals surface area contributed by atoms with Gasteiger partial charge in [-0.15, -0.1) is 0 Å². The number of rotatable bonds is 6. The Bertz CT molecular complexity index is 2870. The molecule has 0 saturated carbocycles. The highest BCUT2D eigenvalue weighted by Gasteiger charge is 2.18. The van der Waals surface area contributed by atoms with Gasteiger partial charge in [-0.25, -0.2) is 15.0 Å². The summed E-state index contributed by atoms with van der Waals surface area (Å²) in [7, 11) is 0. The van der Waals surface area contributed by atoms with Crippen molar-refractivity contribution in [2.24, 2.45) is 0 Å². The molecule has 53 heavy (non-hydrogen) atoms. The van der Waals surface area contributed by atoms with E-state index in [4.69, 9.17) is 19.3 Å². The summed E-state index contributed by atoms with van der Waals surface area (Å²) >= 11 is 1.24. The molecule has 0 aliphatic rings. The maximum absolute atomic E-state index is 5.31. The Balaban J connectivity index is 1.21. The van der Waals surface area contributed by atoms with Crippen molar-refractivity contribution in [3.63, 3.8) is 0 Å². The minimum absolute atomic E-state index is 0.663. The molecule has 248 valence electrons. The van der Waals surface area contributed by atoms with Crippen molar-refractivity contribution in [3.8, 4) is 67.4 Å². The van der Waals surface area contributed by atoms with Crippen LogP contribution >= 0.6 is 11.7 Å². The molecule has 0 amide bonds. The molecule has 6 heteroatoms. The van der Waals surface area contributed by atoms with Gasteiger partial charge in [-0.3, -0.25) is 0 Å². The average Bonchev–Trinajstić information content (AvgIpc) is 3.73. The fourth-order valence-electron chi connectivity index (χ4n) is 7.14. The predicted octanol–water partition coefficient (Wildman–Crippen LogP) is 12.2. The molecule has 0 spiro atoms. The van der Waals surface area contributed by atoms with E-state index in [1.165, 1.54) is 11.7 Å². The SMILES string of the molecule is c1ccc(-c2cc(-c3ccccc3)cc(-c3cc(-c4ccc5c(c4)nc(-c4ccccc4)c4ccc6nsnc6c45)nc(-c4ccccc4)n3)c2)cc1. The smallest absolute Gasteiger partial charge is 0.160 e. The third-order valence-electron chi connectivity index (χ3n) is 9.73. The van der Waals surface area contributed by atoms with Gasteiger partial charge in [0, 0.05) is 38.4 Å². The number of aromatic nitrogens is 5. The minimum atomic E-state index is 0.663. The van der Waals surface area contributed by atoms with E-state index in [9.17, 15) is 0 Å². The molecule has 5 nitrogen and oxygen atoms in total. The summed E-state index contributed by atoms with van der Waals surface area (Å²) in [5, 5.41) is 3.15. The monoisotopic (exact) mass is 695 g/mol. The quantitative estimate of drug-likeness (QED) is 0.162. The molecule has 0 aliphatic heterocycles. The first kappa shape index (κ1) is 30.9. The molecule has 0 saturated heterocycles. The molecule has 10 aromatic rings. The summed E-state index contributed by atoms with van der Waals surface area (Å²) in [5.74, 6) is 0.663. The maximum Gasteiger partial charge on any atom is 0.160 e. The van der Waals surface area contributed by atoms with Gasteiger partial charge in [0.05, 0.1) is 34.3 Å². The molecular formula is C47H29N5S. The van der Waals surface area contributed by atoms with Crippen molar-refractivity contribution in [2.75, 3.05) is 0 Å². The van der Waals surface area contributed by atoms with Crippen LogP contribution in [-0.4, -0.2) is 23.7 Å². The van der Waals surface area contributed by atoms with E-state index >= 15 is 0 Å². The number of fused-ring (bicyclic) bond motifs is 5. The van der Waals surface area contributed by atoms with Crippen LogP contribution in [0.25, 0.3) is 100 Å². The van der Waals surface area contributed by atoms with Crippen molar-refractivity contribution < 1.29 is 0 Å². The number of benzene rings is 7. The van der Waals surface area contributed by atoms with Crippen molar-refractivity contribution in [3.05, 3.63) is 176 Å². The molecular weight excluding hydrogens is 667 g/mol. The van der Waals surface area contributed by atoms with E-state index in [1.807, 2.05) is 30.3 Å². The minimum Gasteiger partial charge on any atom is -0.247 e. The molecule has 0 atom stereocenters. The molecule has 3 aromatic heterocycles. The zero-order valence-electron chi connectivity index (χ0n) is 28.4. The van der Waals surface area contributed by atoms with E-state index in [0.29, 0.717) is 5.82 Å². The second kappa shape index (κ2) is 13.0. The lowest BCUT2D eigenvalue weighted by molar-refractivity contribution is 1.18. The fourth-order valence-corrected chi connectivity index (χ4v) is 7.68. The predicted molar refractivity (Wildman–Crippen MR) is 218 cm³/mol. The number of hydrogen-bond acceptors (Lipinski definition) is 6. The van der Waals surface area contributed by atoms with Crippen LogP contribution in [-0.2, 0) is 0 Å². The van der Waals surface area contributed by atoms with E-state index in [1.54, 1.807) is 0 Å². The fraction of sp³-hybridized carbons (Fsp3) is 0. The molecule has 0 aliphatic carbocycles. The van der Waals surface area contributed by atoms with Crippen LogP contribution < -0.4 is 0 Å². The summed E-state index contributed by atoms with van der Waals surface area (Å²) in [6.45, 7) is 0. The van der Waals surface area contributed by atoms with Gasteiger partial charge in [-0.1, -0.05) is 133 Å². The van der Waals surface area contributed by atoms with E-state index < -0.39 is 0 Å². The molecule has 0 unspecified atom stereocenters. The molecule has 7 aromatic carbocycles. The van der Waals surface area contributed by atoms with Crippen molar-refractivity contribution in [1.82, 2.24) is 23.7 Å². The molecule has 0 N–H and O–H groups in total. The number of nitrogens with zero attached hydrogens (tertiary/aromatic N) is 5. The lowest BCUT2D eigenvalue weighted by atomic mass is 9.94. The van der Waals surface area contributed by atoms with Gasteiger partial charge in [0.15, 0.2) is 5.82 Å². The van der Waals surface area contributed by atoms with Crippen LogP contribution in [0.4, 0.5) is 0 Å². The van der Waals surface area contributed by atoms with E-state index in [-0.39, 0.29) is 0 Å². The van der Waals surface area contributed by atoms with Gasteiger partial charge in [0.2, 0.25) is 0 Å². The van der Waals surface area contributed by atoms with Crippen LogP contribution in [0.1, 0.15) is 0 Å². The summed E-state index contributed by atoms with van der Waals surface area (Å²) in [4.78, 5) is 15.7. The van der Waals surface area contributed by atoms with Crippen LogP contribution in [0, 0.1) is 0 Å². The topological polar surface area (TPSA) is 64.5 Å². The highest BCUT2D eigenvalue weighted by atomic mass is 32.1. The van der Waals surface area contributed by atoms with Crippen LogP contribution in [0.3, 0.4) is 0 Å². The van der Waals surface area contributed by atoms with Gasteiger partial charge >= 0.3 is 0 Å². The lowest BCUT2D eigenvalue weighted by Gasteiger charge is -2.14. The Morgan fingerprint density at radius 3 is 1.53 bits per heavy atom. The molecule has 0 fully saturated rings. The molecule has 0 bridgehead atoms. The Morgan fingerprint density at radius 1 is 0.340 bits per heavy atom. The Hall–Kier alpha value is -6.89. The van der Waals surface area contributed by atoms with Gasteiger partial charge in [0.1, 0.15) is 11.0 Å². The average molecular weight is 696 g/mol. The van der Waals surface area contributed by atoms with Crippen molar-refractivity contribution in [1.29, 1.82) is 0 Å². The van der Waals surface area contributed by atoms with Gasteiger partial charge in [-0.2, -0.15) is 8.75 Å². The van der Waals surface area contributed by atoms with Crippen molar-refractivity contribution >= 4 is 44.4 Å². The highest BCUT2D eigenvalue weighted by molar-refractivity contribution is 7.00. The zero-order valence-corrected chi connectivity index (χ0v) is 29.2. The second-order valence-corrected chi connectivity index (χ2v) is 13.6. The van der Waals surface area contributed by atoms with Gasteiger partial charge in [0.25, 0.3) is 0 Å². The van der Waals surface area contributed by atoms with Crippen LogP contribution in [0.15, 0.2) is 176 Å². The number of pyridine rings is 1. The van der Waals surface area contributed by atoms with Gasteiger partial charge < -0.3 is 0 Å². The molecule has 10 rings (SSSR count). The first-order valence-corrected chi connectivity index (χ1v) is 18.2. The van der Waals surface area contributed by atoms with Crippen LogP contribution in [0.5, 0.6) is 0 Å². The van der Waals surface area contributed by atoms with E-state index in [0.717, 1.165) is 94.3 Å². The summed E-state index contributed by atoms with van der Waals surface area (Å²) in [5.41, 5.74) is 13.8. The maximum atomic E-state index is 5.31. The lowest BCUT2D eigenvalue weighted by Crippen LogP contribution is -1.97. The Morgan fingerprint density at radius 2 is 0.887 bits per heavy atom. The third kappa shape index (κ3) is 5.72. The molecule has 0 radical (unpaired) electrons. The first-order valence-electron chi connectivity index (χ1n) is 17.5. The first-order chi connectivity index (χ1) is 26.2. The summed E-state index contributed by atoms with van der Waals surface area (Å²) in [6.07, 6.45) is 0. The van der Waals surface area contributed by atoms with E-state index in [2.05, 4.69) is 150 Å². The van der Waals surface area contributed by atoms with Gasteiger partial charge in [-0.05, 0) is 64.7 Å². The Kier molecular flexibility index (Phi) is 7.59. The van der Waals surface area contributed by atoms with Crippen molar-refractivity contribution in [2.45, 2.75) is 0 Å². The van der Waals surface area contributed by atoms with Crippen LogP contribution in [0.2, 0.25) is 0 Å². The highest BCUT2D eigenvalue weighted by Crippen LogP contribution is 2.39. The molecule has 3 heterocycles. The third-order valence-corrected chi connectivity index (χ3v) is 10.3. The zero-order chi connectivity index (χ0) is 35.1. The largest absolute Gasteiger partial charge is 0.247 e.